The lowest BCUT2D eigenvalue weighted by Gasteiger charge is -2.13. The average Bonchev–Trinajstić information content (AvgIpc) is 2.66. The van der Waals surface area contributed by atoms with Crippen LogP contribution in [-0.2, 0) is 23.0 Å². The van der Waals surface area contributed by atoms with Gasteiger partial charge in [0.05, 0.1) is 10.4 Å². The zero-order chi connectivity index (χ0) is 18.7. The van der Waals surface area contributed by atoms with Crippen molar-refractivity contribution in [3.8, 4) is 0 Å². The van der Waals surface area contributed by atoms with Gasteiger partial charge in [0.2, 0.25) is 10.0 Å². The van der Waals surface area contributed by atoms with Crippen LogP contribution in [0.2, 0.25) is 0 Å². The fraction of sp³-hybridized carbons (Fsp3) is 0.250. The Hall–Kier alpha value is -2.44. The van der Waals surface area contributed by atoms with Gasteiger partial charge < -0.3 is 5.32 Å². The number of benzene rings is 2. The minimum Gasteiger partial charge on any atom is -0.380 e. The number of fused-ring (bicyclic) bond motifs is 1. The first-order valence-electron chi connectivity index (χ1n) is 8.56. The molecule has 6 heteroatoms. The van der Waals surface area contributed by atoms with E-state index < -0.39 is 10.0 Å². The molecule has 0 fully saturated rings. The van der Waals surface area contributed by atoms with Crippen LogP contribution in [0.15, 0.2) is 59.5 Å². The summed E-state index contributed by atoms with van der Waals surface area (Å²) < 4.78 is 25.5. The highest BCUT2D eigenvalue weighted by atomic mass is 32.2. The second kappa shape index (κ2) is 7.43. The molecule has 0 aliphatic heterocycles. The van der Waals surface area contributed by atoms with E-state index in [4.69, 9.17) is 0 Å². The zero-order valence-corrected chi connectivity index (χ0v) is 16.0. The zero-order valence-electron chi connectivity index (χ0n) is 15.2. The molecule has 26 heavy (non-hydrogen) atoms. The Labute approximate surface area is 154 Å². The Bertz CT molecular complexity index is 1010. The molecule has 1 N–H and O–H groups in total. The number of sulfonamides is 1. The molecule has 0 spiro atoms. The Morgan fingerprint density at radius 2 is 1.73 bits per heavy atom. The predicted molar refractivity (Wildman–Crippen MR) is 106 cm³/mol. The summed E-state index contributed by atoms with van der Waals surface area (Å²) in [6, 6.07) is 17.1. The van der Waals surface area contributed by atoms with Gasteiger partial charge in [-0.2, -0.15) is 0 Å². The topological polar surface area (TPSA) is 62.3 Å². The molecule has 0 aliphatic carbocycles. The molecule has 0 saturated carbocycles. The van der Waals surface area contributed by atoms with Gasteiger partial charge >= 0.3 is 0 Å². The molecule has 3 aromatic rings. The third kappa shape index (κ3) is 3.71. The number of nitrogens with zero attached hydrogens (tertiary/aromatic N) is 2. The third-order valence-corrected chi connectivity index (χ3v) is 6.15. The Kier molecular flexibility index (Phi) is 5.25. The van der Waals surface area contributed by atoms with Crippen molar-refractivity contribution in [3.63, 3.8) is 0 Å². The minimum atomic E-state index is -3.39. The smallest absolute Gasteiger partial charge is 0.242 e. The van der Waals surface area contributed by atoms with Crippen LogP contribution in [-0.4, -0.2) is 31.8 Å². The molecule has 0 unspecified atom stereocenters. The maximum atomic E-state index is 12.1. The van der Waals surface area contributed by atoms with Crippen LogP contribution in [0.1, 0.15) is 18.2 Å². The minimum absolute atomic E-state index is 0.300. The molecule has 1 heterocycles. The van der Waals surface area contributed by atoms with Gasteiger partial charge in [-0.05, 0) is 36.2 Å². The molecule has 5 nitrogen and oxygen atoms in total. The SMILES string of the molecule is CCc1cc(NCc2ccc(S(=O)(=O)N(C)C)cc2)c2ccccc2n1. The van der Waals surface area contributed by atoms with Gasteiger partial charge in [0.25, 0.3) is 0 Å². The first-order chi connectivity index (χ1) is 12.4. The Morgan fingerprint density at radius 3 is 2.38 bits per heavy atom. The summed E-state index contributed by atoms with van der Waals surface area (Å²) in [4.78, 5) is 4.95. The van der Waals surface area contributed by atoms with Crippen molar-refractivity contribution in [2.45, 2.75) is 24.8 Å². The number of pyridine rings is 1. The predicted octanol–water partition coefficient (Wildman–Crippen LogP) is 3.66. The number of anilines is 1. The summed E-state index contributed by atoms with van der Waals surface area (Å²) in [6.45, 7) is 2.70. The van der Waals surface area contributed by atoms with Crippen molar-refractivity contribution in [2.24, 2.45) is 0 Å². The van der Waals surface area contributed by atoms with Crippen LogP contribution in [0, 0.1) is 0 Å². The number of hydrogen-bond acceptors (Lipinski definition) is 4. The molecule has 136 valence electrons. The van der Waals surface area contributed by atoms with Crippen molar-refractivity contribution in [2.75, 3.05) is 19.4 Å². The Morgan fingerprint density at radius 1 is 1.04 bits per heavy atom. The molecule has 0 aliphatic rings. The largest absolute Gasteiger partial charge is 0.380 e. The average molecular weight is 369 g/mol. The second-order valence-corrected chi connectivity index (χ2v) is 8.47. The van der Waals surface area contributed by atoms with Crippen LogP contribution in [0.5, 0.6) is 0 Å². The number of rotatable bonds is 6. The molecule has 0 bridgehead atoms. The van der Waals surface area contributed by atoms with E-state index >= 15 is 0 Å². The van der Waals surface area contributed by atoms with E-state index in [1.807, 2.05) is 30.3 Å². The lowest BCUT2D eigenvalue weighted by atomic mass is 10.1. The fourth-order valence-electron chi connectivity index (χ4n) is 2.74. The normalized spacial score (nSPS) is 11.8. The number of aromatic nitrogens is 1. The molecule has 1 aromatic heterocycles. The summed E-state index contributed by atoms with van der Waals surface area (Å²) in [7, 11) is -0.329. The van der Waals surface area contributed by atoms with E-state index in [-0.39, 0.29) is 0 Å². The lowest BCUT2D eigenvalue weighted by Crippen LogP contribution is -2.22. The molecular formula is C20H23N3O2S. The van der Waals surface area contributed by atoms with Crippen LogP contribution >= 0.6 is 0 Å². The number of hydrogen-bond donors (Lipinski definition) is 1. The number of aryl methyl sites for hydroxylation is 1. The molecule has 0 amide bonds. The molecular weight excluding hydrogens is 346 g/mol. The van der Waals surface area contributed by atoms with E-state index in [1.165, 1.54) is 18.4 Å². The van der Waals surface area contributed by atoms with Crippen LogP contribution < -0.4 is 5.32 Å². The van der Waals surface area contributed by atoms with Crippen LogP contribution in [0.4, 0.5) is 5.69 Å². The highest BCUT2D eigenvalue weighted by molar-refractivity contribution is 7.89. The maximum absolute atomic E-state index is 12.1. The van der Waals surface area contributed by atoms with Crippen LogP contribution in [0.25, 0.3) is 10.9 Å². The summed E-state index contributed by atoms with van der Waals surface area (Å²) in [5, 5.41) is 4.54. The van der Waals surface area contributed by atoms with Crippen molar-refractivity contribution in [1.82, 2.24) is 9.29 Å². The standard InChI is InChI=1S/C20H23N3O2S/c1-4-16-13-20(18-7-5-6-8-19(18)22-16)21-14-15-9-11-17(12-10-15)26(24,25)23(2)3/h5-13H,4,14H2,1-3H3,(H,21,22). The highest BCUT2D eigenvalue weighted by Crippen LogP contribution is 2.24. The van der Waals surface area contributed by atoms with E-state index in [1.54, 1.807) is 12.1 Å². The highest BCUT2D eigenvalue weighted by Gasteiger charge is 2.16. The first-order valence-corrected chi connectivity index (χ1v) is 10.00. The van der Waals surface area contributed by atoms with E-state index in [0.717, 1.165) is 34.3 Å². The third-order valence-electron chi connectivity index (χ3n) is 4.32. The number of para-hydroxylation sites is 1. The Balaban J connectivity index is 1.82. The molecule has 0 atom stereocenters. The van der Waals surface area contributed by atoms with Gasteiger partial charge in [-0.3, -0.25) is 4.98 Å². The van der Waals surface area contributed by atoms with Gasteiger partial charge in [-0.25, -0.2) is 12.7 Å². The fourth-order valence-corrected chi connectivity index (χ4v) is 3.65. The van der Waals surface area contributed by atoms with Crippen molar-refractivity contribution >= 4 is 26.6 Å². The second-order valence-electron chi connectivity index (χ2n) is 6.32. The summed E-state index contributed by atoms with van der Waals surface area (Å²) in [6.07, 6.45) is 0.872. The quantitative estimate of drug-likeness (QED) is 0.720. The lowest BCUT2D eigenvalue weighted by molar-refractivity contribution is 0.520. The van der Waals surface area contributed by atoms with Crippen molar-refractivity contribution < 1.29 is 8.42 Å². The first kappa shape index (κ1) is 18.4. The van der Waals surface area contributed by atoms with E-state index in [0.29, 0.717) is 11.4 Å². The number of nitrogens with one attached hydrogen (secondary N) is 1. The van der Waals surface area contributed by atoms with Gasteiger partial charge in [0.15, 0.2) is 0 Å². The molecule has 3 rings (SSSR count). The van der Waals surface area contributed by atoms with Crippen LogP contribution in [0.3, 0.4) is 0 Å². The van der Waals surface area contributed by atoms with E-state index in [2.05, 4.69) is 29.4 Å². The van der Waals surface area contributed by atoms with Crippen molar-refractivity contribution in [3.05, 3.63) is 65.9 Å². The van der Waals surface area contributed by atoms with Gasteiger partial charge in [-0.15, -0.1) is 0 Å². The summed E-state index contributed by atoms with van der Waals surface area (Å²) >= 11 is 0. The van der Waals surface area contributed by atoms with Gasteiger partial charge in [-0.1, -0.05) is 37.3 Å². The maximum Gasteiger partial charge on any atom is 0.242 e. The van der Waals surface area contributed by atoms with E-state index in [9.17, 15) is 8.42 Å². The molecule has 0 radical (unpaired) electrons. The van der Waals surface area contributed by atoms with Crippen molar-refractivity contribution in [1.29, 1.82) is 0 Å². The monoisotopic (exact) mass is 369 g/mol. The van der Waals surface area contributed by atoms with Gasteiger partial charge in [0.1, 0.15) is 0 Å². The summed E-state index contributed by atoms with van der Waals surface area (Å²) in [5.41, 5.74) is 4.07. The molecule has 2 aromatic carbocycles. The summed E-state index contributed by atoms with van der Waals surface area (Å²) in [5.74, 6) is 0. The molecule has 0 saturated heterocycles. The van der Waals surface area contributed by atoms with Gasteiger partial charge in [0, 0.05) is 37.4 Å².